The first-order valence-electron chi connectivity index (χ1n) is 9.25. The van der Waals surface area contributed by atoms with Crippen LogP contribution in [0.5, 0.6) is 0 Å². The molecular weight excluding hydrogens is 397 g/mol. The zero-order chi connectivity index (χ0) is 21.1. The van der Waals surface area contributed by atoms with Gasteiger partial charge in [-0.25, -0.2) is 13.2 Å². The van der Waals surface area contributed by atoms with Gasteiger partial charge in [0.15, 0.2) is 11.9 Å². The summed E-state index contributed by atoms with van der Waals surface area (Å²) >= 11 is 0. The van der Waals surface area contributed by atoms with E-state index in [2.05, 4.69) is 5.16 Å². The minimum Gasteiger partial charge on any atom is -0.459 e. The summed E-state index contributed by atoms with van der Waals surface area (Å²) in [5, 5.41) is 3.91. The van der Waals surface area contributed by atoms with Crippen LogP contribution in [0.15, 0.2) is 70.4 Å². The SMILES string of the molecule is O=C(c1ccco1)N(Cc1ccc(F)cc1)CC1CC(c2ccc(F)cc2F)=NO1. The zero-order valence-electron chi connectivity index (χ0n) is 15.7. The largest absolute Gasteiger partial charge is 0.459 e. The van der Waals surface area contributed by atoms with Crippen molar-refractivity contribution in [3.63, 3.8) is 0 Å². The Bertz CT molecular complexity index is 1070. The van der Waals surface area contributed by atoms with Crippen molar-refractivity contribution in [2.75, 3.05) is 6.54 Å². The van der Waals surface area contributed by atoms with Crippen LogP contribution < -0.4 is 0 Å². The normalized spacial score (nSPS) is 15.6. The van der Waals surface area contributed by atoms with Crippen LogP contribution in [0.25, 0.3) is 0 Å². The van der Waals surface area contributed by atoms with Crippen molar-refractivity contribution in [2.24, 2.45) is 5.16 Å². The Hall–Kier alpha value is -3.55. The summed E-state index contributed by atoms with van der Waals surface area (Å²) in [5.74, 6) is -1.99. The molecule has 1 unspecified atom stereocenters. The first-order chi connectivity index (χ1) is 14.5. The van der Waals surface area contributed by atoms with Crippen LogP contribution in [-0.2, 0) is 11.4 Å². The molecule has 0 spiro atoms. The summed E-state index contributed by atoms with van der Waals surface area (Å²) in [5.41, 5.74) is 1.21. The van der Waals surface area contributed by atoms with Crippen molar-refractivity contribution in [2.45, 2.75) is 19.1 Å². The van der Waals surface area contributed by atoms with Gasteiger partial charge in [-0.3, -0.25) is 4.79 Å². The van der Waals surface area contributed by atoms with Gasteiger partial charge in [-0.2, -0.15) is 0 Å². The molecule has 1 amide bonds. The molecule has 8 heteroatoms. The van der Waals surface area contributed by atoms with Crippen LogP contribution in [0.3, 0.4) is 0 Å². The molecule has 4 rings (SSSR count). The Morgan fingerprint density at radius 1 is 1.07 bits per heavy atom. The molecule has 0 aliphatic carbocycles. The van der Waals surface area contributed by atoms with Crippen LogP contribution in [-0.4, -0.2) is 29.2 Å². The Balaban J connectivity index is 1.49. The minimum absolute atomic E-state index is 0.146. The van der Waals surface area contributed by atoms with Crippen LogP contribution >= 0.6 is 0 Å². The molecule has 0 fully saturated rings. The number of carbonyl (C=O) groups excluding carboxylic acids is 1. The van der Waals surface area contributed by atoms with Gasteiger partial charge >= 0.3 is 0 Å². The van der Waals surface area contributed by atoms with Gasteiger partial charge in [-0.05, 0) is 42.0 Å². The van der Waals surface area contributed by atoms with Gasteiger partial charge in [0.05, 0.1) is 18.5 Å². The third-order valence-corrected chi connectivity index (χ3v) is 4.70. The molecule has 0 saturated heterocycles. The Morgan fingerprint density at radius 2 is 1.83 bits per heavy atom. The number of hydrogen-bond acceptors (Lipinski definition) is 4. The number of rotatable bonds is 6. The predicted octanol–water partition coefficient (Wildman–Crippen LogP) is 4.53. The maximum absolute atomic E-state index is 14.0. The van der Waals surface area contributed by atoms with Crippen molar-refractivity contribution in [3.8, 4) is 0 Å². The van der Waals surface area contributed by atoms with Gasteiger partial charge in [0.2, 0.25) is 0 Å². The molecule has 30 heavy (non-hydrogen) atoms. The minimum atomic E-state index is -0.729. The van der Waals surface area contributed by atoms with Crippen molar-refractivity contribution in [1.29, 1.82) is 0 Å². The monoisotopic (exact) mass is 414 g/mol. The molecule has 1 atom stereocenters. The first kappa shape index (κ1) is 19.8. The Labute approximate surface area is 170 Å². The molecule has 3 aromatic rings. The van der Waals surface area contributed by atoms with Gasteiger partial charge in [0.1, 0.15) is 17.5 Å². The van der Waals surface area contributed by atoms with E-state index in [1.807, 2.05) is 0 Å². The van der Waals surface area contributed by atoms with E-state index < -0.39 is 17.7 Å². The molecule has 0 bridgehead atoms. The van der Waals surface area contributed by atoms with Gasteiger partial charge in [-0.15, -0.1) is 0 Å². The second-order valence-corrected chi connectivity index (χ2v) is 6.88. The second kappa shape index (κ2) is 8.44. The third kappa shape index (κ3) is 4.37. The predicted molar refractivity (Wildman–Crippen MR) is 102 cm³/mol. The number of amides is 1. The van der Waals surface area contributed by atoms with E-state index in [1.165, 1.54) is 29.4 Å². The lowest BCUT2D eigenvalue weighted by molar-refractivity contribution is 0.0387. The fourth-order valence-electron chi connectivity index (χ4n) is 3.24. The number of halogens is 3. The summed E-state index contributed by atoms with van der Waals surface area (Å²) in [6.45, 7) is 0.340. The van der Waals surface area contributed by atoms with Crippen molar-refractivity contribution >= 4 is 11.6 Å². The molecule has 0 radical (unpaired) electrons. The van der Waals surface area contributed by atoms with E-state index in [9.17, 15) is 18.0 Å². The van der Waals surface area contributed by atoms with E-state index in [0.717, 1.165) is 17.7 Å². The zero-order valence-corrected chi connectivity index (χ0v) is 15.7. The lowest BCUT2D eigenvalue weighted by atomic mass is 10.0. The quantitative estimate of drug-likeness (QED) is 0.596. The molecule has 1 aliphatic rings. The van der Waals surface area contributed by atoms with Crippen LogP contribution in [0, 0.1) is 17.5 Å². The number of oxime groups is 1. The van der Waals surface area contributed by atoms with E-state index in [-0.39, 0.29) is 42.6 Å². The molecule has 154 valence electrons. The van der Waals surface area contributed by atoms with Gasteiger partial charge in [-0.1, -0.05) is 17.3 Å². The molecule has 0 saturated carbocycles. The van der Waals surface area contributed by atoms with Crippen molar-refractivity contribution in [3.05, 3.63) is 95.2 Å². The van der Waals surface area contributed by atoms with Gasteiger partial charge in [0.25, 0.3) is 5.91 Å². The lowest BCUT2D eigenvalue weighted by Crippen LogP contribution is -2.37. The highest BCUT2D eigenvalue weighted by atomic mass is 19.1. The standard InChI is InChI=1S/C22H17F3N2O3/c23-15-5-3-14(4-6-15)12-27(22(28)21-2-1-9-29-21)13-17-11-20(26-30-17)18-8-7-16(24)10-19(18)25/h1-10,17H,11-13H2. The number of carbonyl (C=O) groups is 1. The Morgan fingerprint density at radius 3 is 2.53 bits per heavy atom. The number of nitrogens with zero attached hydrogens (tertiary/aromatic N) is 2. The van der Waals surface area contributed by atoms with E-state index in [4.69, 9.17) is 9.25 Å². The van der Waals surface area contributed by atoms with E-state index in [0.29, 0.717) is 5.71 Å². The number of hydrogen-bond donors (Lipinski definition) is 0. The molecular formula is C22H17F3N2O3. The van der Waals surface area contributed by atoms with Gasteiger partial charge in [0, 0.05) is 24.6 Å². The molecule has 5 nitrogen and oxygen atoms in total. The third-order valence-electron chi connectivity index (χ3n) is 4.70. The molecule has 0 N–H and O–H groups in total. The van der Waals surface area contributed by atoms with E-state index in [1.54, 1.807) is 24.3 Å². The topological polar surface area (TPSA) is 55.0 Å². The van der Waals surface area contributed by atoms with Crippen LogP contribution in [0.4, 0.5) is 13.2 Å². The maximum Gasteiger partial charge on any atom is 0.289 e. The summed E-state index contributed by atoms with van der Waals surface area (Å²) in [7, 11) is 0. The summed E-state index contributed by atoms with van der Waals surface area (Å²) in [6, 6.07) is 12.2. The highest BCUT2D eigenvalue weighted by molar-refractivity contribution is 6.01. The van der Waals surface area contributed by atoms with Crippen molar-refractivity contribution < 1.29 is 27.2 Å². The molecule has 1 aromatic heterocycles. The summed E-state index contributed by atoms with van der Waals surface area (Å²) < 4.78 is 45.6. The second-order valence-electron chi connectivity index (χ2n) is 6.88. The van der Waals surface area contributed by atoms with Crippen LogP contribution in [0.2, 0.25) is 0 Å². The fourth-order valence-corrected chi connectivity index (χ4v) is 3.24. The Kier molecular flexibility index (Phi) is 5.56. The molecule has 2 aromatic carbocycles. The van der Waals surface area contributed by atoms with Gasteiger partial charge < -0.3 is 14.2 Å². The van der Waals surface area contributed by atoms with E-state index >= 15 is 0 Å². The smallest absolute Gasteiger partial charge is 0.289 e. The summed E-state index contributed by atoms with van der Waals surface area (Å²) in [4.78, 5) is 19.8. The van der Waals surface area contributed by atoms with Crippen LogP contribution in [0.1, 0.15) is 28.1 Å². The number of furan rings is 1. The summed E-state index contributed by atoms with van der Waals surface area (Å²) in [6.07, 6.45) is 1.12. The molecule has 1 aliphatic heterocycles. The lowest BCUT2D eigenvalue weighted by Gasteiger charge is -2.24. The average Bonchev–Trinajstić information content (AvgIpc) is 3.41. The maximum atomic E-state index is 14.0. The first-order valence-corrected chi connectivity index (χ1v) is 9.25. The highest BCUT2D eigenvalue weighted by Crippen LogP contribution is 2.22. The fraction of sp³-hybridized carbons (Fsp3) is 0.182. The number of benzene rings is 2. The average molecular weight is 414 g/mol. The molecule has 2 heterocycles. The highest BCUT2D eigenvalue weighted by Gasteiger charge is 2.29. The van der Waals surface area contributed by atoms with Crippen molar-refractivity contribution in [1.82, 2.24) is 4.90 Å².